The molecule has 0 bridgehead atoms. The number of hydrogen-bond acceptors (Lipinski definition) is 3. The average molecular weight is 282 g/mol. The Hall–Kier alpha value is -2.29. The number of fused-ring (bicyclic) bond motifs is 1. The highest BCUT2D eigenvalue weighted by Crippen LogP contribution is 2.30. The third-order valence-electron chi connectivity index (χ3n) is 3.85. The van der Waals surface area contributed by atoms with E-state index in [9.17, 15) is 4.79 Å². The maximum atomic E-state index is 12.6. The van der Waals surface area contributed by atoms with E-state index in [1.54, 1.807) is 7.11 Å². The Morgan fingerprint density at radius 2 is 1.95 bits per heavy atom. The highest BCUT2D eigenvalue weighted by molar-refractivity contribution is 6.01. The molecular formula is C18H18O3. The Labute approximate surface area is 124 Å². The molecule has 2 aromatic rings. The second kappa shape index (κ2) is 5.60. The van der Waals surface area contributed by atoms with Crippen LogP contribution in [0, 0.1) is 12.8 Å². The first-order valence-electron chi connectivity index (χ1n) is 7.08. The molecule has 0 aromatic heterocycles. The van der Waals surface area contributed by atoms with Crippen molar-refractivity contribution in [2.45, 2.75) is 13.3 Å². The molecule has 0 saturated heterocycles. The first kappa shape index (κ1) is 13.7. The van der Waals surface area contributed by atoms with E-state index in [0.29, 0.717) is 24.3 Å². The standard InChI is InChI=1S/C18H18O3/c1-12-3-8-16-17(9-12)21-11-14(18(16)19)10-13-4-6-15(20-2)7-5-13/h3-9,14H,10-11H2,1-2H3. The molecule has 0 amide bonds. The van der Waals surface area contributed by atoms with Gasteiger partial charge in [0.1, 0.15) is 11.5 Å². The summed E-state index contributed by atoms with van der Waals surface area (Å²) in [6, 6.07) is 13.6. The maximum absolute atomic E-state index is 12.6. The maximum Gasteiger partial charge on any atom is 0.173 e. The summed E-state index contributed by atoms with van der Waals surface area (Å²) in [5.74, 6) is 1.59. The molecule has 1 heterocycles. The zero-order valence-electron chi connectivity index (χ0n) is 12.3. The monoisotopic (exact) mass is 282 g/mol. The Kier molecular flexibility index (Phi) is 3.65. The van der Waals surface area contributed by atoms with Gasteiger partial charge in [-0.05, 0) is 48.7 Å². The molecule has 0 fully saturated rings. The molecule has 1 unspecified atom stereocenters. The highest BCUT2D eigenvalue weighted by Gasteiger charge is 2.28. The number of Topliss-reactive ketones (excluding diaryl/α,β-unsaturated/α-hetero) is 1. The fourth-order valence-electron chi connectivity index (χ4n) is 2.64. The summed E-state index contributed by atoms with van der Waals surface area (Å²) in [5, 5.41) is 0. The summed E-state index contributed by atoms with van der Waals surface area (Å²) in [5.41, 5.74) is 2.92. The summed E-state index contributed by atoms with van der Waals surface area (Å²) < 4.78 is 10.9. The van der Waals surface area contributed by atoms with Crippen molar-refractivity contribution in [2.24, 2.45) is 5.92 Å². The Bertz CT molecular complexity index is 659. The summed E-state index contributed by atoms with van der Waals surface area (Å²) >= 11 is 0. The van der Waals surface area contributed by atoms with Crippen LogP contribution in [0.4, 0.5) is 0 Å². The van der Waals surface area contributed by atoms with E-state index >= 15 is 0 Å². The second-order valence-corrected chi connectivity index (χ2v) is 5.42. The van der Waals surface area contributed by atoms with Crippen LogP contribution in [0.3, 0.4) is 0 Å². The van der Waals surface area contributed by atoms with Crippen LogP contribution in [0.5, 0.6) is 11.5 Å². The largest absolute Gasteiger partial charge is 0.497 e. The van der Waals surface area contributed by atoms with Crippen LogP contribution < -0.4 is 9.47 Å². The van der Waals surface area contributed by atoms with Crippen molar-refractivity contribution in [1.29, 1.82) is 0 Å². The molecule has 3 nitrogen and oxygen atoms in total. The van der Waals surface area contributed by atoms with Crippen molar-refractivity contribution in [1.82, 2.24) is 0 Å². The molecule has 0 saturated carbocycles. The van der Waals surface area contributed by atoms with Crippen LogP contribution in [-0.2, 0) is 6.42 Å². The van der Waals surface area contributed by atoms with Gasteiger partial charge in [-0.15, -0.1) is 0 Å². The Morgan fingerprint density at radius 3 is 2.67 bits per heavy atom. The molecule has 21 heavy (non-hydrogen) atoms. The minimum absolute atomic E-state index is 0.117. The number of rotatable bonds is 3. The van der Waals surface area contributed by atoms with Crippen molar-refractivity contribution in [3.63, 3.8) is 0 Å². The van der Waals surface area contributed by atoms with Crippen molar-refractivity contribution < 1.29 is 14.3 Å². The molecule has 0 aliphatic carbocycles. The number of methoxy groups -OCH3 is 1. The third-order valence-corrected chi connectivity index (χ3v) is 3.85. The summed E-state index contributed by atoms with van der Waals surface area (Å²) in [7, 11) is 1.65. The van der Waals surface area contributed by atoms with Crippen LogP contribution in [0.1, 0.15) is 21.5 Å². The topological polar surface area (TPSA) is 35.5 Å². The van der Waals surface area contributed by atoms with Crippen molar-refractivity contribution in [2.75, 3.05) is 13.7 Å². The number of carbonyl (C=O) groups excluding carboxylic acids is 1. The minimum Gasteiger partial charge on any atom is -0.497 e. The lowest BCUT2D eigenvalue weighted by atomic mass is 9.89. The fraction of sp³-hybridized carbons (Fsp3) is 0.278. The molecule has 0 N–H and O–H groups in total. The van der Waals surface area contributed by atoms with Crippen molar-refractivity contribution in [3.05, 3.63) is 59.2 Å². The van der Waals surface area contributed by atoms with Crippen LogP contribution in [0.25, 0.3) is 0 Å². The predicted octanol–water partition coefficient (Wildman–Crippen LogP) is 3.44. The molecule has 108 valence electrons. The number of ketones is 1. The van der Waals surface area contributed by atoms with Crippen LogP contribution >= 0.6 is 0 Å². The summed E-state index contributed by atoms with van der Waals surface area (Å²) in [4.78, 5) is 12.6. The SMILES string of the molecule is COc1ccc(CC2COc3cc(C)ccc3C2=O)cc1. The molecule has 0 spiro atoms. The Balaban J connectivity index is 1.78. The Morgan fingerprint density at radius 1 is 1.19 bits per heavy atom. The number of aryl methyl sites for hydroxylation is 1. The summed E-state index contributed by atoms with van der Waals surface area (Å²) in [6.07, 6.45) is 0.691. The quantitative estimate of drug-likeness (QED) is 0.865. The van der Waals surface area contributed by atoms with Gasteiger partial charge in [0, 0.05) is 0 Å². The molecule has 1 aliphatic heterocycles. The lowest BCUT2D eigenvalue weighted by Crippen LogP contribution is -2.29. The number of benzene rings is 2. The van der Waals surface area contributed by atoms with Crippen LogP contribution in [0.15, 0.2) is 42.5 Å². The van der Waals surface area contributed by atoms with E-state index < -0.39 is 0 Å². The van der Waals surface area contributed by atoms with Gasteiger partial charge in [-0.2, -0.15) is 0 Å². The molecule has 1 atom stereocenters. The fourth-order valence-corrected chi connectivity index (χ4v) is 2.64. The van der Waals surface area contributed by atoms with Gasteiger partial charge in [0.25, 0.3) is 0 Å². The zero-order chi connectivity index (χ0) is 14.8. The van der Waals surface area contributed by atoms with Gasteiger partial charge in [-0.1, -0.05) is 18.2 Å². The van der Waals surface area contributed by atoms with Gasteiger partial charge in [-0.25, -0.2) is 0 Å². The molecule has 2 aromatic carbocycles. The molecule has 0 radical (unpaired) electrons. The van der Waals surface area contributed by atoms with E-state index in [4.69, 9.17) is 9.47 Å². The minimum atomic E-state index is -0.117. The highest BCUT2D eigenvalue weighted by atomic mass is 16.5. The van der Waals surface area contributed by atoms with Gasteiger partial charge in [0.2, 0.25) is 0 Å². The molecule has 3 rings (SSSR count). The van der Waals surface area contributed by atoms with Gasteiger partial charge in [0.15, 0.2) is 5.78 Å². The molecular weight excluding hydrogens is 264 g/mol. The van der Waals surface area contributed by atoms with E-state index in [0.717, 1.165) is 16.9 Å². The zero-order valence-corrected chi connectivity index (χ0v) is 12.3. The van der Waals surface area contributed by atoms with Gasteiger partial charge < -0.3 is 9.47 Å². The normalized spacial score (nSPS) is 17.0. The van der Waals surface area contributed by atoms with Gasteiger partial charge in [-0.3, -0.25) is 4.79 Å². The first-order chi connectivity index (χ1) is 10.2. The second-order valence-electron chi connectivity index (χ2n) is 5.42. The number of carbonyl (C=O) groups is 1. The number of ether oxygens (including phenoxy) is 2. The predicted molar refractivity (Wildman–Crippen MR) is 81.2 cm³/mol. The van der Waals surface area contributed by atoms with Gasteiger partial charge in [0.05, 0.1) is 25.2 Å². The lowest BCUT2D eigenvalue weighted by Gasteiger charge is -2.24. The van der Waals surface area contributed by atoms with Gasteiger partial charge >= 0.3 is 0 Å². The van der Waals surface area contributed by atoms with E-state index in [2.05, 4.69) is 0 Å². The van der Waals surface area contributed by atoms with Crippen LogP contribution in [0.2, 0.25) is 0 Å². The van der Waals surface area contributed by atoms with Crippen LogP contribution in [-0.4, -0.2) is 19.5 Å². The lowest BCUT2D eigenvalue weighted by molar-refractivity contribution is 0.0830. The third kappa shape index (κ3) is 2.77. The van der Waals surface area contributed by atoms with E-state index in [1.807, 2.05) is 49.4 Å². The van der Waals surface area contributed by atoms with E-state index in [1.165, 1.54) is 0 Å². The first-order valence-corrected chi connectivity index (χ1v) is 7.08. The van der Waals surface area contributed by atoms with Crippen molar-refractivity contribution in [3.8, 4) is 11.5 Å². The summed E-state index contributed by atoms with van der Waals surface area (Å²) in [6.45, 7) is 2.44. The molecule has 1 aliphatic rings. The van der Waals surface area contributed by atoms with E-state index in [-0.39, 0.29) is 11.7 Å². The molecule has 3 heteroatoms. The smallest absolute Gasteiger partial charge is 0.173 e. The van der Waals surface area contributed by atoms with Crippen molar-refractivity contribution >= 4 is 5.78 Å². The average Bonchev–Trinajstić information content (AvgIpc) is 2.51. The number of hydrogen-bond donors (Lipinski definition) is 0.